The van der Waals surface area contributed by atoms with E-state index in [2.05, 4.69) is 22.3 Å². The van der Waals surface area contributed by atoms with Gasteiger partial charge >= 0.3 is 0 Å². The van der Waals surface area contributed by atoms with E-state index in [1.807, 2.05) is 38.6 Å². The third-order valence-electron chi connectivity index (χ3n) is 6.98. The normalized spacial score (nSPS) is 13.7. The van der Waals surface area contributed by atoms with Gasteiger partial charge < -0.3 is 24.6 Å². The van der Waals surface area contributed by atoms with E-state index in [0.29, 0.717) is 47.6 Å². The Morgan fingerprint density at radius 1 is 1.18 bits per heavy atom. The topological polar surface area (TPSA) is 114 Å². The highest BCUT2D eigenvalue weighted by atomic mass is 35.5. The summed E-state index contributed by atoms with van der Waals surface area (Å²) in [7, 11) is 3.75. The maximum absolute atomic E-state index is 10.1. The first-order valence-corrected chi connectivity index (χ1v) is 12.9. The number of aromatic nitrogens is 5. The smallest absolute Gasteiger partial charge is 0.163 e. The first kappa shape index (κ1) is 26.1. The average molecular weight is 538 g/mol. The van der Waals surface area contributed by atoms with Crippen molar-refractivity contribution < 1.29 is 14.4 Å². The van der Waals surface area contributed by atoms with Crippen molar-refractivity contribution in [3.8, 4) is 28.4 Å². The Morgan fingerprint density at radius 2 is 1.97 bits per heavy atom. The van der Waals surface area contributed by atoms with Crippen molar-refractivity contribution >= 4 is 17.4 Å². The van der Waals surface area contributed by atoms with Gasteiger partial charge in [0.15, 0.2) is 5.82 Å². The van der Waals surface area contributed by atoms with Crippen molar-refractivity contribution in [1.82, 2.24) is 30.2 Å². The van der Waals surface area contributed by atoms with Crippen molar-refractivity contribution in [1.29, 1.82) is 0 Å². The summed E-state index contributed by atoms with van der Waals surface area (Å²) in [6.07, 6.45) is -0.637. The van der Waals surface area contributed by atoms with Gasteiger partial charge in [0.1, 0.15) is 30.0 Å². The van der Waals surface area contributed by atoms with Crippen molar-refractivity contribution in [2.75, 3.05) is 25.1 Å². The van der Waals surface area contributed by atoms with E-state index in [-0.39, 0.29) is 6.61 Å². The van der Waals surface area contributed by atoms with Crippen LogP contribution in [-0.4, -0.2) is 56.3 Å². The second-order valence-electron chi connectivity index (χ2n) is 9.70. The highest BCUT2D eigenvalue weighted by Gasteiger charge is 2.30. The molecule has 0 spiro atoms. The van der Waals surface area contributed by atoms with Crippen LogP contribution in [0.4, 0.5) is 5.82 Å². The molecule has 4 heterocycles. The molecule has 1 aliphatic heterocycles. The number of nitrogens with one attached hydrogen (secondary N) is 1. The lowest BCUT2D eigenvalue weighted by Gasteiger charge is -2.22. The number of hydrogen-bond donors (Lipinski definition) is 2. The summed E-state index contributed by atoms with van der Waals surface area (Å²) in [6, 6.07) is 5.34. The van der Waals surface area contributed by atoms with Gasteiger partial charge in [0.2, 0.25) is 0 Å². The van der Waals surface area contributed by atoms with E-state index >= 15 is 0 Å². The molecule has 1 aliphatic rings. The molecule has 0 saturated carbocycles. The van der Waals surface area contributed by atoms with Crippen LogP contribution in [0.25, 0.3) is 22.6 Å². The number of rotatable bonds is 8. The molecule has 1 unspecified atom stereocenters. The van der Waals surface area contributed by atoms with E-state index in [4.69, 9.17) is 35.9 Å². The number of likely N-dealkylation sites (N-methyl/N-ethyl adjacent to an activating group) is 1. The zero-order valence-electron chi connectivity index (χ0n) is 22.5. The molecule has 200 valence electrons. The summed E-state index contributed by atoms with van der Waals surface area (Å²) in [5, 5.41) is 22.3. The van der Waals surface area contributed by atoms with Gasteiger partial charge in [-0.3, -0.25) is 4.68 Å². The molecule has 4 aromatic rings. The molecule has 0 saturated heterocycles. The Labute approximate surface area is 226 Å². The number of fused-ring (bicyclic) bond motifs is 1. The molecule has 0 radical (unpaired) electrons. The summed E-state index contributed by atoms with van der Waals surface area (Å²) in [5.41, 5.74) is 7.33. The van der Waals surface area contributed by atoms with Gasteiger partial charge in [-0.05, 0) is 52.9 Å². The molecule has 1 atom stereocenters. The average Bonchev–Trinajstić information content (AvgIpc) is 3.53. The van der Waals surface area contributed by atoms with Crippen LogP contribution < -0.4 is 15.0 Å². The second-order valence-corrected chi connectivity index (χ2v) is 10.1. The molecule has 10 nitrogen and oxygen atoms in total. The summed E-state index contributed by atoms with van der Waals surface area (Å²) in [6.45, 7) is 9.82. The van der Waals surface area contributed by atoms with Gasteiger partial charge in [-0.1, -0.05) is 16.8 Å². The largest absolute Gasteiger partial charge is 0.491 e. The zero-order valence-corrected chi connectivity index (χ0v) is 23.2. The molecular weight excluding hydrogens is 506 g/mol. The van der Waals surface area contributed by atoms with E-state index in [0.717, 1.165) is 39.7 Å². The monoisotopic (exact) mass is 537 g/mol. The van der Waals surface area contributed by atoms with Gasteiger partial charge in [-0.25, -0.2) is 9.97 Å². The van der Waals surface area contributed by atoms with Crippen LogP contribution in [0.2, 0.25) is 5.02 Å². The molecule has 3 aromatic heterocycles. The Bertz CT molecular complexity index is 1480. The first-order valence-electron chi connectivity index (χ1n) is 12.5. The number of ether oxygens (including phenoxy) is 1. The zero-order chi connectivity index (χ0) is 27.1. The van der Waals surface area contributed by atoms with Crippen LogP contribution in [0.3, 0.4) is 0 Å². The van der Waals surface area contributed by atoms with Gasteiger partial charge in [0.05, 0.1) is 34.2 Å². The first-order chi connectivity index (χ1) is 18.2. The number of aliphatic hydroxyl groups excluding tert-OH is 1. The fourth-order valence-electron chi connectivity index (χ4n) is 4.88. The Balaban J connectivity index is 1.60. The molecule has 38 heavy (non-hydrogen) atoms. The Morgan fingerprint density at radius 3 is 2.66 bits per heavy atom. The van der Waals surface area contributed by atoms with Gasteiger partial charge in [0, 0.05) is 42.5 Å². The number of hydrogen-bond acceptors (Lipinski definition) is 9. The molecule has 11 heteroatoms. The lowest BCUT2D eigenvalue weighted by Crippen LogP contribution is -2.29. The molecule has 5 rings (SSSR count). The number of benzene rings is 1. The molecule has 0 bridgehead atoms. The maximum Gasteiger partial charge on any atom is 0.163 e. The minimum Gasteiger partial charge on any atom is -0.491 e. The summed E-state index contributed by atoms with van der Waals surface area (Å²) in [5.74, 6) is 2.52. The van der Waals surface area contributed by atoms with Crippen molar-refractivity contribution in [2.45, 2.75) is 46.9 Å². The van der Waals surface area contributed by atoms with Crippen LogP contribution in [0.1, 0.15) is 34.0 Å². The highest BCUT2D eigenvalue weighted by Crippen LogP contribution is 2.39. The van der Waals surface area contributed by atoms with Gasteiger partial charge in [0.25, 0.3) is 0 Å². The molecule has 0 aliphatic carbocycles. The number of anilines is 1. The highest BCUT2D eigenvalue weighted by molar-refractivity contribution is 6.33. The fraction of sp³-hybridized carbons (Fsp3) is 0.407. The standard InChI is InChI=1S/C27H32ClN7O3/c1-14-25(24-15(2)33-38-17(24)4)30-26(20-9-19(7-8-22(20)28)37-13-18(36)10-29-5)31-27(14)35-11-21-16(3)34(6)32-23(21)12-35/h7-9,18,29,36H,10-13H2,1-6H3. The summed E-state index contributed by atoms with van der Waals surface area (Å²) >= 11 is 6.68. The molecule has 2 N–H and O–H groups in total. The van der Waals surface area contributed by atoms with Crippen LogP contribution >= 0.6 is 11.6 Å². The van der Waals surface area contributed by atoms with E-state index in [1.54, 1.807) is 19.2 Å². The van der Waals surface area contributed by atoms with Crippen LogP contribution in [0, 0.1) is 27.7 Å². The number of aliphatic hydroxyl groups is 1. The van der Waals surface area contributed by atoms with E-state index in [9.17, 15) is 5.11 Å². The minimum absolute atomic E-state index is 0.144. The van der Waals surface area contributed by atoms with E-state index in [1.165, 1.54) is 5.56 Å². The Kier molecular flexibility index (Phi) is 7.13. The number of nitrogens with zero attached hydrogens (tertiary/aromatic N) is 6. The van der Waals surface area contributed by atoms with Crippen LogP contribution in [0.15, 0.2) is 22.7 Å². The number of halogens is 1. The van der Waals surface area contributed by atoms with E-state index < -0.39 is 6.10 Å². The Hall–Kier alpha value is -3.47. The lowest BCUT2D eigenvalue weighted by molar-refractivity contribution is 0.108. The van der Waals surface area contributed by atoms with Gasteiger partial charge in [-0.15, -0.1) is 0 Å². The second kappa shape index (κ2) is 10.4. The lowest BCUT2D eigenvalue weighted by atomic mass is 10.0. The quantitative estimate of drug-likeness (QED) is 0.345. The molecular formula is C27H32ClN7O3. The SMILES string of the molecule is CNCC(O)COc1ccc(Cl)c(-c2nc(-c3c(C)noc3C)c(C)c(N3Cc4nn(C)c(C)c4C3)n2)c1. The third kappa shape index (κ3) is 4.75. The summed E-state index contributed by atoms with van der Waals surface area (Å²) in [4.78, 5) is 12.2. The molecule has 1 aromatic carbocycles. The third-order valence-corrected chi connectivity index (χ3v) is 7.31. The van der Waals surface area contributed by atoms with Crippen molar-refractivity contribution in [3.63, 3.8) is 0 Å². The molecule has 0 amide bonds. The van der Waals surface area contributed by atoms with Crippen LogP contribution in [0.5, 0.6) is 5.75 Å². The van der Waals surface area contributed by atoms with Crippen LogP contribution in [-0.2, 0) is 20.1 Å². The van der Waals surface area contributed by atoms with Crippen molar-refractivity contribution in [3.05, 3.63) is 57.2 Å². The predicted molar refractivity (Wildman–Crippen MR) is 145 cm³/mol. The number of aryl methyl sites for hydroxylation is 3. The fourth-order valence-corrected chi connectivity index (χ4v) is 5.08. The predicted octanol–water partition coefficient (Wildman–Crippen LogP) is 3.90. The van der Waals surface area contributed by atoms with Gasteiger partial charge in [-0.2, -0.15) is 5.10 Å². The van der Waals surface area contributed by atoms with Crippen molar-refractivity contribution in [2.24, 2.45) is 7.05 Å². The molecule has 0 fully saturated rings. The minimum atomic E-state index is -0.637. The maximum atomic E-state index is 10.1. The summed E-state index contributed by atoms with van der Waals surface area (Å²) < 4.78 is 13.3.